The Morgan fingerprint density at radius 2 is 1.89 bits per heavy atom. The summed E-state index contributed by atoms with van der Waals surface area (Å²) in [6, 6.07) is 7.31. The molecular formula is C12H8BrF2IN2. The van der Waals surface area contributed by atoms with Crippen LogP contribution in [-0.4, -0.2) is 0 Å². The lowest BCUT2D eigenvalue weighted by molar-refractivity contribution is 0.620. The normalized spacial score (nSPS) is 10.4. The Balaban J connectivity index is 2.43. The average Bonchev–Trinajstić information content (AvgIpc) is 2.30. The molecule has 0 aromatic heterocycles. The molecule has 0 amide bonds. The Morgan fingerprint density at radius 3 is 2.56 bits per heavy atom. The lowest BCUT2D eigenvalue weighted by Crippen LogP contribution is -2.01. The topological polar surface area (TPSA) is 38.0 Å². The second-order valence-corrected chi connectivity index (χ2v) is 5.59. The highest BCUT2D eigenvalue weighted by Gasteiger charge is 2.10. The van der Waals surface area contributed by atoms with Gasteiger partial charge in [-0.25, -0.2) is 8.78 Å². The van der Waals surface area contributed by atoms with E-state index in [4.69, 9.17) is 5.73 Å². The minimum Gasteiger partial charge on any atom is -0.397 e. The molecule has 0 aliphatic rings. The van der Waals surface area contributed by atoms with Crippen LogP contribution in [0.1, 0.15) is 0 Å². The molecule has 0 unspecified atom stereocenters. The van der Waals surface area contributed by atoms with Crippen LogP contribution in [0.15, 0.2) is 34.8 Å². The van der Waals surface area contributed by atoms with Gasteiger partial charge in [0.2, 0.25) is 0 Å². The molecule has 0 saturated heterocycles. The summed E-state index contributed by atoms with van der Waals surface area (Å²) in [4.78, 5) is 0. The smallest absolute Gasteiger partial charge is 0.147 e. The summed E-state index contributed by atoms with van der Waals surface area (Å²) in [5, 5.41) is 2.79. The number of halogens is 4. The minimum absolute atomic E-state index is 0.227. The van der Waals surface area contributed by atoms with E-state index in [-0.39, 0.29) is 5.69 Å². The van der Waals surface area contributed by atoms with E-state index in [1.807, 2.05) is 22.6 Å². The van der Waals surface area contributed by atoms with Gasteiger partial charge in [-0.1, -0.05) is 6.07 Å². The highest BCUT2D eigenvalue weighted by Crippen LogP contribution is 2.32. The van der Waals surface area contributed by atoms with Crippen LogP contribution < -0.4 is 11.1 Å². The number of hydrogen-bond acceptors (Lipinski definition) is 2. The number of nitrogens with two attached hydrogens (primary N) is 1. The van der Waals surface area contributed by atoms with Gasteiger partial charge in [-0.3, -0.25) is 0 Å². The van der Waals surface area contributed by atoms with Gasteiger partial charge in [-0.15, -0.1) is 0 Å². The first-order valence-corrected chi connectivity index (χ1v) is 6.82. The summed E-state index contributed by atoms with van der Waals surface area (Å²) in [6.45, 7) is 0. The third-order valence-corrected chi connectivity index (χ3v) is 3.80. The second-order valence-electron chi connectivity index (χ2n) is 3.58. The first-order chi connectivity index (χ1) is 8.49. The van der Waals surface area contributed by atoms with Crippen LogP contribution in [0.4, 0.5) is 25.8 Å². The zero-order valence-corrected chi connectivity index (χ0v) is 12.7. The van der Waals surface area contributed by atoms with Gasteiger partial charge >= 0.3 is 0 Å². The van der Waals surface area contributed by atoms with Crippen molar-refractivity contribution in [2.24, 2.45) is 0 Å². The molecule has 94 valence electrons. The van der Waals surface area contributed by atoms with E-state index in [1.165, 1.54) is 18.2 Å². The molecule has 2 nitrogen and oxygen atoms in total. The molecule has 0 aliphatic heterocycles. The third-order valence-electron chi connectivity index (χ3n) is 2.31. The van der Waals surface area contributed by atoms with Gasteiger partial charge in [0, 0.05) is 10.5 Å². The number of benzene rings is 2. The van der Waals surface area contributed by atoms with Crippen molar-refractivity contribution in [1.29, 1.82) is 0 Å². The van der Waals surface area contributed by atoms with Gasteiger partial charge in [0.15, 0.2) is 0 Å². The van der Waals surface area contributed by atoms with E-state index in [1.54, 1.807) is 12.1 Å². The molecule has 0 fully saturated rings. The largest absolute Gasteiger partial charge is 0.397 e. The fraction of sp³-hybridized carbons (Fsp3) is 0. The predicted molar refractivity (Wildman–Crippen MR) is 80.9 cm³/mol. The molecule has 0 radical (unpaired) electrons. The molecule has 0 atom stereocenters. The van der Waals surface area contributed by atoms with Crippen molar-refractivity contribution in [3.63, 3.8) is 0 Å². The highest BCUT2D eigenvalue weighted by atomic mass is 127. The van der Waals surface area contributed by atoms with Crippen LogP contribution in [-0.2, 0) is 0 Å². The molecule has 3 N–H and O–H groups in total. The molecule has 2 rings (SSSR count). The van der Waals surface area contributed by atoms with Crippen molar-refractivity contribution in [2.75, 3.05) is 11.1 Å². The van der Waals surface area contributed by atoms with Crippen LogP contribution in [0, 0.1) is 15.2 Å². The molecule has 2 aromatic rings. The fourth-order valence-electron chi connectivity index (χ4n) is 1.42. The Bertz CT molecular complexity index is 585. The summed E-state index contributed by atoms with van der Waals surface area (Å²) in [5.74, 6) is -0.845. The average molecular weight is 425 g/mol. The second kappa shape index (κ2) is 5.40. The molecule has 2 aromatic carbocycles. The van der Waals surface area contributed by atoms with Gasteiger partial charge in [-0.05, 0) is 56.7 Å². The molecular weight excluding hydrogens is 417 g/mol. The lowest BCUT2D eigenvalue weighted by atomic mass is 10.2. The Kier molecular flexibility index (Phi) is 4.06. The van der Waals surface area contributed by atoms with Crippen LogP contribution in [0.5, 0.6) is 0 Å². The van der Waals surface area contributed by atoms with Crippen molar-refractivity contribution < 1.29 is 8.78 Å². The van der Waals surface area contributed by atoms with Crippen LogP contribution >= 0.6 is 38.5 Å². The number of rotatable bonds is 2. The van der Waals surface area contributed by atoms with Gasteiger partial charge < -0.3 is 11.1 Å². The molecule has 6 heteroatoms. The summed E-state index contributed by atoms with van der Waals surface area (Å²) < 4.78 is 28.0. The van der Waals surface area contributed by atoms with Crippen LogP contribution in [0.3, 0.4) is 0 Å². The predicted octanol–water partition coefficient (Wildman–Crippen LogP) is 4.66. The van der Waals surface area contributed by atoms with E-state index in [9.17, 15) is 8.78 Å². The molecule has 0 spiro atoms. The summed E-state index contributed by atoms with van der Waals surface area (Å²) in [6.07, 6.45) is 0. The Hall–Kier alpha value is -0.890. The SMILES string of the molecule is Nc1cc(I)c(F)cc1Nc1c(F)cccc1Br. The maximum Gasteiger partial charge on any atom is 0.147 e. The van der Waals surface area contributed by atoms with E-state index in [0.717, 1.165) is 0 Å². The molecule has 18 heavy (non-hydrogen) atoms. The van der Waals surface area contributed by atoms with Crippen molar-refractivity contribution in [3.8, 4) is 0 Å². The Morgan fingerprint density at radius 1 is 1.17 bits per heavy atom. The first-order valence-electron chi connectivity index (χ1n) is 4.94. The number of para-hydroxylation sites is 1. The summed E-state index contributed by atoms with van der Waals surface area (Å²) in [5.41, 5.74) is 6.68. The van der Waals surface area contributed by atoms with Gasteiger partial charge in [-0.2, -0.15) is 0 Å². The van der Waals surface area contributed by atoms with Crippen LogP contribution in [0.25, 0.3) is 0 Å². The summed E-state index contributed by atoms with van der Waals surface area (Å²) >= 11 is 5.07. The van der Waals surface area contributed by atoms with Gasteiger partial charge in [0.25, 0.3) is 0 Å². The van der Waals surface area contributed by atoms with Crippen molar-refractivity contribution in [3.05, 3.63) is 50.0 Å². The van der Waals surface area contributed by atoms with E-state index < -0.39 is 11.6 Å². The zero-order valence-electron chi connectivity index (χ0n) is 8.98. The standard InChI is InChI=1S/C12H8BrF2IN2/c13-6-2-1-3-7(14)12(6)18-11-4-8(15)9(16)5-10(11)17/h1-5,18H,17H2. The van der Waals surface area contributed by atoms with Crippen LogP contribution in [0.2, 0.25) is 0 Å². The van der Waals surface area contributed by atoms with Crippen molar-refractivity contribution in [1.82, 2.24) is 0 Å². The number of nitrogen functional groups attached to an aromatic ring is 1. The minimum atomic E-state index is -0.442. The van der Waals surface area contributed by atoms with E-state index in [0.29, 0.717) is 19.4 Å². The van der Waals surface area contributed by atoms with Crippen molar-refractivity contribution in [2.45, 2.75) is 0 Å². The zero-order chi connectivity index (χ0) is 13.3. The monoisotopic (exact) mass is 424 g/mol. The van der Waals surface area contributed by atoms with Gasteiger partial charge in [0.1, 0.15) is 11.6 Å². The van der Waals surface area contributed by atoms with E-state index >= 15 is 0 Å². The quantitative estimate of drug-likeness (QED) is 0.543. The first kappa shape index (κ1) is 13.5. The summed E-state index contributed by atoms with van der Waals surface area (Å²) in [7, 11) is 0. The maximum absolute atomic E-state index is 13.6. The molecule has 0 heterocycles. The number of nitrogens with one attached hydrogen (secondary N) is 1. The van der Waals surface area contributed by atoms with Crippen molar-refractivity contribution >= 4 is 55.6 Å². The number of hydrogen-bond donors (Lipinski definition) is 2. The lowest BCUT2D eigenvalue weighted by Gasteiger charge is -2.12. The molecule has 0 aliphatic carbocycles. The van der Waals surface area contributed by atoms with Gasteiger partial charge in [0.05, 0.1) is 20.6 Å². The third kappa shape index (κ3) is 2.74. The maximum atomic E-state index is 13.6. The molecule has 0 bridgehead atoms. The Labute approximate surface area is 125 Å². The molecule has 0 saturated carbocycles. The van der Waals surface area contributed by atoms with E-state index in [2.05, 4.69) is 21.2 Å². The fourth-order valence-corrected chi connectivity index (χ4v) is 2.35. The number of anilines is 3. The highest BCUT2D eigenvalue weighted by molar-refractivity contribution is 14.1.